The smallest absolute Gasteiger partial charge is 0.330 e. The van der Waals surface area contributed by atoms with Crippen LogP contribution in [0.3, 0.4) is 0 Å². The van der Waals surface area contributed by atoms with Gasteiger partial charge in [-0.05, 0) is 12.1 Å². The summed E-state index contributed by atoms with van der Waals surface area (Å²) in [6.45, 7) is 0.537. The quantitative estimate of drug-likeness (QED) is 0.660. The number of thioether (sulfide) groups is 1. The van der Waals surface area contributed by atoms with Gasteiger partial charge in [-0.15, -0.1) is 10.2 Å². The van der Waals surface area contributed by atoms with Gasteiger partial charge in [0, 0.05) is 31.6 Å². The van der Waals surface area contributed by atoms with Gasteiger partial charge in [-0.3, -0.25) is 13.9 Å². The van der Waals surface area contributed by atoms with E-state index in [0.717, 1.165) is 14.7 Å². The van der Waals surface area contributed by atoms with Crippen molar-refractivity contribution in [3.63, 3.8) is 0 Å². The first-order valence-electron chi connectivity index (χ1n) is 7.03. The molecule has 0 aliphatic rings. The maximum atomic E-state index is 11.9. The normalized spacial score (nSPS) is 10.9. The Morgan fingerprint density at radius 1 is 1.29 bits per heavy atom. The molecule has 0 amide bonds. The van der Waals surface area contributed by atoms with Gasteiger partial charge in [0.15, 0.2) is 4.34 Å². The third kappa shape index (κ3) is 3.60. The fourth-order valence-electron chi connectivity index (χ4n) is 1.97. The highest BCUT2D eigenvalue weighted by Crippen LogP contribution is 2.28. The van der Waals surface area contributed by atoms with Crippen molar-refractivity contribution in [2.45, 2.75) is 16.6 Å². The number of rotatable bonds is 6. The predicted molar refractivity (Wildman–Crippen MR) is 92.4 cm³/mol. The van der Waals surface area contributed by atoms with Crippen molar-refractivity contribution in [2.24, 2.45) is 14.1 Å². The molecule has 0 aliphatic heterocycles. The molecule has 0 unspecified atom stereocenters. The minimum atomic E-state index is -0.337. The maximum absolute atomic E-state index is 11.9. The molecule has 0 atom stereocenters. The van der Waals surface area contributed by atoms with Gasteiger partial charge in [-0.2, -0.15) is 0 Å². The Balaban J connectivity index is 1.63. The molecule has 3 aromatic heterocycles. The second-order valence-electron chi connectivity index (χ2n) is 4.97. The van der Waals surface area contributed by atoms with Crippen molar-refractivity contribution in [1.82, 2.24) is 19.3 Å². The van der Waals surface area contributed by atoms with E-state index in [1.165, 1.54) is 40.8 Å². The van der Waals surface area contributed by atoms with Gasteiger partial charge in [0.2, 0.25) is 5.13 Å². The summed E-state index contributed by atoms with van der Waals surface area (Å²) >= 11 is 2.84. The first kappa shape index (κ1) is 16.5. The summed E-state index contributed by atoms with van der Waals surface area (Å²) in [6.07, 6.45) is 1.62. The topological polar surface area (TPSA) is 94.9 Å². The summed E-state index contributed by atoms with van der Waals surface area (Å²) in [5.41, 5.74) is -0.00340. The van der Waals surface area contributed by atoms with E-state index in [2.05, 4.69) is 15.5 Å². The van der Waals surface area contributed by atoms with Crippen molar-refractivity contribution < 1.29 is 4.42 Å². The Morgan fingerprint density at radius 3 is 2.88 bits per heavy atom. The molecule has 0 spiro atoms. The Labute approximate surface area is 145 Å². The van der Waals surface area contributed by atoms with Crippen LogP contribution in [0.1, 0.15) is 11.5 Å². The second kappa shape index (κ2) is 7.05. The van der Waals surface area contributed by atoms with Crippen LogP contribution in [0, 0.1) is 0 Å². The van der Waals surface area contributed by atoms with Crippen molar-refractivity contribution in [2.75, 3.05) is 5.32 Å². The van der Waals surface area contributed by atoms with Crippen LogP contribution >= 0.6 is 23.1 Å². The molecule has 1 N–H and O–H groups in total. The first-order chi connectivity index (χ1) is 11.5. The zero-order valence-corrected chi connectivity index (χ0v) is 14.7. The average Bonchev–Trinajstić information content (AvgIpc) is 3.24. The van der Waals surface area contributed by atoms with E-state index in [0.29, 0.717) is 23.1 Å². The molecule has 8 nitrogen and oxygen atoms in total. The Bertz CT molecular complexity index is 942. The molecule has 0 radical (unpaired) electrons. The summed E-state index contributed by atoms with van der Waals surface area (Å²) in [6, 6.07) is 5.17. The molecule has 0 saturated carbocycles. The number of nitrogens with zero attached hydrogens (tertiary/aromatic N) is 4. The van der Waals surface area contributed by atoms with Crippen LogP contribution in [0.4, 0.5) is 5.13 Å². The molecule has 0 saturated heterocycles. The summed E-state index contributed by atoms with van der Waals surface area (Å²) in [5.74, 6) is 1.28. The van der Waals surface area contributed by atoms with Gasteiger partial charge >= 0.3 is 5.69 Å². The third-order valence-electron chi connectivity index (χ3n) is 3.37. The van der Waals surface area contributed by atoms with Gasteiger partial charge in [0.25, 0.3) is 5.56 Å². The zero-order valence-electron chi connectivity index (χ0n) is 13.1. The fourth-order valence-corrected chi connectivity index (χ4v) is 3.74. The van der Waals surface area contributed by atoms with Crippen LogP contribution in [0.25, 0.3) is 0 Å². The number of furan rings is 1. The first-order valence-corrected chi connectivity index (χ1v) is 8.83. The standard InChI is InChI=1S/C14H15N5O3S2/c1-18-9(6-11(20)19(2)14(18)21)8-23-13-17-16-12(24-13)15-7-10-4-3-5-22-10/h3-6H,7-8H2,1-2H3,(H,15,16). The molecule has 10 heteroatoms. The zero-order chi connectivity index (χ0) is 17.1. The molecule has 3 aromatic rings. The van der Waals surface area contributed by atoms with Crippen molar-refractivity contribution in [3.8, 4) is 0 Å². The summed E-state index contributed by atoms with van der Waals surface area (Å²) in [5, 5.41) is 12.0. The molecule has 0 aliphatic carbocycles. The Kier molecular flexibility index (Phi) is 4.86. The highest BCUT2D eigenvalue weighted by molar-refractivity contribution is 8.00. The summed E-state index contributed by atoms with van der Waals surface area (Å²) < 4.78 is 8.54. The van der Waals surface area contributed by atoms with Gasteiger partial charge in [-0.25, -0.2) is 4.79 Å². The van der Waals surface area contributed by atoms with E-state index in [-0.39, 0.29) is 11.2 Å². The average molecular weight is 365 g/mol. The molecule has 0 bridgehead atoms. The van der Waals surface area contributed by atoms with Gasteiger partial charge in [0.05, 0.1) is 12.8 Å². The predicted octanol–water partition coefficient (Wildman–Crippen LogP) is 1.43. The molecular weight excluding hydrogens is 350 g/mol. The van der Waals surface area contributed by atoms with Gasteiger partial charge in [0.1, 0.15) is 5.76 Å². The van der Waals surface area contributed by atoms with Crippen molar-refractivity contribution in [3.05, 3.63) is 56.8 Å². The highest BCUT2D eigenvalue weighted by Gasteiger charge is 2.09. The number of nitrogens with one attached hydrogen (secondary N) is 1. The Morgan fingerprint density at radius 2 is 2.12 bits per heavy atom. The van der Waals surface area contributed by atoms with Crippen molar-refractivity contribution >= 4 is 28.2 Å². The summed E-state index contributed by atoms with van der Waals surface area (Å²) in [4.78, 5) is 23.6. The van der Waals surface area contributed by atoms with Gasteiger partial charge in [-0.1, -0.05) is 23.1 Å². The lowest BCUT2D eigenvalue weighted by Crippen LogP contribution is -2.37. The molecule has 3 heterocycles. The van der Waals surface area contributed by atoms with Crippen LogP contribution in [0.5, 0.6) is 0 Å². The van der Waals surface area contributed by atoms with E-state index in [1.54, 1.807) is 13.3 Å². The van der Waals surface area contributed by atoms with E-state index in [1.807, 2.05) is 12.1 Å². The number of aromatic nitrogens is 4. The third-order valence-corrected chi connectivity index (χ3v) is 5.42. The van der Waals surface area contributed by atoms with Gasteiger partial charge < -0.3 is 9.73 Å². The number of hydrogen-bond acceptors (Lipinski definition) is 8. The van der Waals surface area contributed by atoms with Crippen LogP contribution in [0.15, 0.2) is 42.8 Å². The maximum Gasteiger partial charge on any atom is 0.330 e. The molecule has 0 aromatic carbocycles. The second-order valence-corrected chi connectivity index (χ2v) is 7.17. The molecule has 0 fully saturated rings. The largest absolute Gasteiger partial charge is 0.467 e. The highest BCUT2D eigenvalue weighted by atomic mass is 32.2. The number of anilines is 1. The summed E-state index contributed by atoms with van der Waals surface area (Å²) in [7, 11) is 3.11. The van der Waals surface area contributed by atoms with Crippen LogP contribution in [-0.4, -0.2) is 19.3 Å². The molecular formula is C14H15N5O3S2. The van der Waals surface area contributed by atoms with Crippen LogP contribution < -0.4 is 16.6 Å². The SMILES string of the molecule is Cn1c(CSc2nnc(NCc3ccco3)s2)cc(=O)n(C)c1=O. The fraction of sp³-hybridized carbons (Fsp3) is 0.286. The monoisotopic (exact) mass is 365 g/mol. The van der Waals surface area contributed by atoms with E-state index < -0.39 is 0 Å². The lowest BCUT2D eigenvalue weighted by atomic mass is 10.4. The molecule has 126 valence electrons. The Hall–Kier alpha value is -2.33. The van der Waals surface area contributed by atoms with Crippen LogP contribution in [-0.2, 0) is 26.4 Å². The minimum Gasteiger partial charge on any atom is -0.467 e. The van der Waals surface area contributed by atoms with Crippen molar-refractivity contribution in [1.29, 1.82) is 0 Å². The minimum absolute atomic E-state index is 0.313. The number of hydrogen-bond donors (Lipinski definition) is 1. The van der Waals surface area contributed by atoms with E-state index >= 15 is 0 Å². The molecule has 24 heavy (non-hydrogen) atoms. The lowest BCUT2D eigenvalue weighted by Gasteiger charge is -2.07. The molecule has 3 rings (SSSR count). The van der Waals surface area contributed by atoms with E-state index in [9.17, 15) is 9.59 Å². The van der Waals surface area contributed by atoms with E-state index in [4.69, 9.17) is 4.42 Å². The lowest BCUT2D eigenvalue weighted by molar-refractivity contribution is 0.518. The van der Waals surface area contributed by atoms with Crippen LogP contribution in [0.2, 0.25) is 0 Å².